The Morgan fingerprint density at radius 3 is 2.53 bits per heavy atom. The highest BCUT2D eigenvalue weighted by molar-refractivity contribution is 6.86. The Labute approximate surface area is 88.9 Å². The van der Waals surface area contributed by atoms with E-state index in [1.54, 1.807) is 0 Å². The van der Waals surface area contributed by atoms with Crippen LogP contribution >= 0.6 is 0 Å². The number of carboxylic acid groups (broad SMARTS) is 1. The summed E-state index contributed by atoms with van der Waals surface area (Å²) < 4.78 is 4.46. The molecule has 0 aliphatic heterocycles. The minimum atomic E-state index is -1.08. The molecule has 0 bridgehead atoms. The van der Waals surface area contributed by atoms with Gasteiger partial charge in [-0.05, 0) is 24.6 Å². The molecule has 0 saturated heterocycles. The molecule has 1 aromatic carbocycles. The Kier molecular flexibility index (Phi) is 3.55. The molecular formula is C9H7B2O4. The van der Waals surface area contributed by atoms with Gasteiger partial charge < -0.3 is 9.76 Å². The number of hydrogen-bond donors (Lipinski definition) is 1. The monoisotopic (exact) mass is 201 g/mol. The number of carbonyl (C=O) groups is 2. The van der Waals surface area contributed by atoms with Gasteiger partial charge in [-0.25, -0.2) is 9.59 Å². The van der Waals surface area contributed by atoms with Crippen molar-refractivity contribution in [1.82, 2.24) is 0 Å². The van der Waals surface area contributed by atoms with Gasteiger partial charge in [0.15, 0.2) is 0 Å². The lowest BCUT2D eigenvalue weighted by molar-refractivity contribution is 0.0696. The first-order valence-corrected chi connectivity index (χ1v) is 4.15. The summed E-state index contributed by atoms with van der Waals surface area (Å²) in [6, 6.07) is 4.37. The van der Waals surface area contributed by atoms with Crippen LogP contribution in [-0.4, -0.2) is 32.2 Å². The molecular weight excluding hydrogens is 194 g/mol. The van der Waals surface area contributed by atoms with E-state index in [9.17, 15) is 9.59 Å². The van der Waals surface area contributed by atoms with Crippen LogP contribution in [0.25, 0.3) is 0 Å². The van der Waals surface area contributed by atoms with E-state index in [-0.39, 0.29) is 11.1 Å². The molecule has 0 heterocycles. The van der Waals surface area contributed by atoms with Crippen LogP contribution in [0.1, 0.15) is 26.3 Å². The van der Waals surface area contributed by atoms with E-state index in [2.05, 4.69) is 4.65 Å². The third-order valence-electron chi connectivity index (χ3n) is 1.96. The number of carboxylic acids is 1. The van der Waals surface area contributed by atoms with Gasteiger partial charge >= 0.3 is 19.3 Å². The maximum Gasteiger partial charge on any atom is 0.335 e. The van der Waals surface area contributed by atoms with Crippen LogP contribution < -0.4 is 0 Å². The number of benzene rings is 1. The van der Waals surface area contributed by atoms with Gasteiger partial charge in [0.2, 0.25) is 0 Å². The molecule has 4 nitrogen and oxygen atoms in total. The van der Waals surface area contributed by atoms with E-state index in [4.69, 9.17) is 12.8 Å². The molecule has 0 unspecified atom stereocenters. The van der Waals surface area contributed by atoms with Crippen molar-refractivity contribution in [3.63, 3.8) is 0 Å². The van der Waals surface area contributed by atoms with Gasteiger partial charge in [-0.1, -0.05) is 6.07 Å². The van der Waals surface area contributed by atoms with E-state index >= 15 is 0 Å². The van der Waals surface area contributed by atoms with E-state index in [0.717, 1.165) is 7.37 Å². The number of hydrogen-bond acceptors (Lipinski definition) is 3. The van der Waals surface area contributed by atoms with Crippen molar-refractivity contribution in [3.05, 3.63) is 34.9 Å². The topological polar surface area (TPSA) is 63.6 Å². The van der Waals surface area contributed by atoms with Crippen LogP contribution in [0, 0.1) is 6.92 Å². The molecule has 0 fully saturated rings. The van der Waals surface area contributed by atoms with Crippen molar-refractivity contribution in [2.24, 2.45) is 0 Å². The molecule has 0 spiro atoms. The average molecular weight is 201 g/mol. The summed E-state index contributed by atoms with van der Waals surface area (Å²) in [5.41, 5.74) is 0.620. The number of carbonyl (C=O) groups excluding carboxylic acids is 1. The highest BCUT2D eigenvalue weighted by Gasteiger charge is 2.15. The van der Waals surface area contributed by atoms with Gasteiger partial charge in [0.25, 0.3) is 0 Å². The minimum absolute atomic E-state index is 0.0708. The van der Waals surface area contributed by atoms with Crippen LogP contribution in [0.15, 0.2) is 18.2 Å². The first kappa shape index (κ1) is 11.4. The molecule has 15 heavy (non-hydrogen) atoms. The second-order valence-electron chi connectivity index (χ2n) is 2.82. The molecule has 73 valence electrons. The van der Waals surface area contributed by atoms with Crippen LogP contribution in [0.4, 0.5) is 0 Å². The Bertz CT molecular complexity index is 403. The second-order valence-corrected chi connectivity index (χ2v) is 2.82. The minimum Gasteiger partial charge on any atom is -0.546 e. The third kappa shape index (κ3) is 2.40. The quantitative estimate of drug-likeness (QED) is 0.725. The van der Waals surface area contributed by atoms with Crippen LogP contribution in [0.3, 0.4) is 0 Å². The number of aromatic carboxylic acids is 1. The van der Waals surface area contributed by atoms with Gasteiger partial charge in [0, 0.05) is 0 Å². The molecule has 0 saturated carbocycles. The van der Waals surface area contributed by atoms with Gasteiger partial charge in [-0.15, -0.1) is 0 Å². The lowest BCUT2D eigenvalue weighted by atomic mass is 9.72. The molecule has 0 aliphatic rings. The van der Waals surface area contributed by atoms with Gasteiger partial charge in [0.1, 0.15) is 0 Å². The summed E-state index contributed by atoms with van der Waals surface area (Å²) >= 11 is 0. The Balaban J connectivity index is 3.15. The summed E-state index contributed by atoms with van der Waals surface area (Å²) in [6.45, 7) is 1.54. The molecule has 3 radical (unpaired) electrons. The van der Waals surface area contributed by atoms with E-state index in [0.29, 0.717) is 5.56 Å². The van der Waals surface area contributed by atoms with Gasteiger partial charge in [0.05, 0.1) is 18.9 Å². The Morgan fingerprint density at radius 2 is 2.00 bits per heavy atom. The van der Waals surface area contributed by atoms with Crippen molar-refractivity contribution >= 4 is 27.0 Å². The highest BCUT2D eigenvalue weighted by atomic mass is 16.5. The van der Waals surface area contributed by atoms with E-state index in [1.807, 2.05) is 0 Å². The first-order valence-electron chi connectivity index (χ1n) is 4.15. The van der Waals surface area contributed by atoms with Crippen molar-refractivity contribution in [2.75, 3.05) is 0 Å². The fraction of sp³-hybridized carbons (Fsp3) is 0.111. The van der Waals surface area contributed by atoms with Gasteiger partial charge in [-0.3, -0.25) is 0 Å². The van der Waals surface area contributed by atoms with E-state index in [1.165, 1.54) is 25.1 Å². The second kappa shape index (κ2) is 4.68. The largest absolute Gasteiger partial charge is 0.546 e. The van der Waals surface area contributed by atoms with Crippen LogP contribution in [-0.2, 0) is 4.65 Å². The fourth-order valence-corrected chi connectivity index (χ4v) is 1.21. The lowest BCUT2D eigenvalue weighted by Gasteiger charge is -2.07. The summed E-state index contributed by atoms with van der Waals surface area (Å²) in [5, 5.41) is 8.82. The van der Waals surface area contributed by atoms with Crippen LogP contribution in [0.5, 0.6) is 0 Å². The normalized spacial score (nSPS) is 9.40. The summed E-state index contributed by atoms with van der Waals surface area (Å²) in [6.07, 6.45) is 0. The van der Waals surface area contributed by atoms with Crippen molar-refractivity contribution in [3.8, 4) is 0 Å². The Morgan fingerprint density at radius 1 is 1.40 bits per heavy atom. The van der Waals surface area contributed by atoms with Crippen molar-refractivity contribution in [2.45, 2.75) is 6.92 Å². The number of rotatable bonds is 3. The summed E-state index contributed by atoms with van der Waals surface area (Å²) in [4.78, 5) is 22.1. The zero-order valence-corrected chi connectivity index (χ0v) is 8.06. The first-order chi connectivity index (χ1) is 7.07. The highest BCUT2D eigenvalue weighted by Crippen LogP contribution is 2.14. The lowest BCUT2D eigenvalue weighted by Crippen LogP contribution is -2.12. The van der Waals surface area contributed by atoms with Gasteiger partial charge in [-0.2, -0.15) is 0 Å². The van der Waals surface area contributed by atoms with Crippen molar-refractivity contribution < 1.29 is 19.3 Å². The Hall–Kier alpha value is -1.71. The van der Waals surface area contributed by atoms with Crippen LogP contribution in [0.2, 0.25) is 0 Å². The van der Waals surface area contributed by atoms with Crippen molar-refractivity contribution in [1.29, 1.82) is 0 Å². The zero-order valence-electron chi connectivity index (χ0n) is 8.06. The standard InChI is InChI=1S/C9H7B2O4/c1-5-6(8(12)13)3-2-4-7(5)9(14)15-11-10/h2-4H,1H3,(H,12,13). The molecule has 1 rings (SSSR count). The summed E-state index contributed by atoms with van der Waals surface area (Å²) in [5.74, 6) is -1.75. The smallest absolute Gasteiger partial charge is 0.335 e. The maximum atomic E-state index is 11.3. The molecule has 0 amide bonds. The average Bonchev–Trinajstić information content (AvgIpc) is 2.17. The fourth-order valence-electron chi connectivity index (χ4n) is 1.21. The molecule has 0 aliphatic carbocycles. The molecule has 1 aromatic rings. The third-order valence-corrected chi connectivity index (χ3v) is 1.96. The molecule has 0 atom stereocenters. The zero-order chi connectivity index (χ0) is 11.4. The maximum absolute atomic E-state index is 11.3. The molecule has 0 aromatic heterocycles. The molecule has 6 heteroatoms. The predicted molar refractivity (Wildman–Crippen MR) is 55.1 cm³/mol. The molecule has 1 N–H and O–H groups in total. The SMILES string of the molecule is [B][B]OC(=O)c1cccc(C(=O)O)c1C. The predicted octanol–water partition coefficient (Wildman–Crippen LogP) is 0.553. The summed E-state index contributed by atoms with van der Waals surface area (Å²) in [7, 11) is 5.69. The van der Waals surface area contributed by atoms with E-state index < -0.39 is 11.9 Å².